The van der Waals surface area contributed by atoms with Gasteiger partial charge >= 0.3 is 6.09 Å². The van der Waals surface area contributed by atoms with Gasteiger partial charge in [-0.15, -0.1) is 0 Å². The zero-order valence-corrected chi connectivity index (χ0v) is 19.9. The molecule has 1 saturated carbocycles. The number of alkyl carbamates (subject to hydrolysis) is 1. The Morgan fingerprint density at radius 1 is 1.30 bits per heavy atom. The Labute approximate surface area is 213 Å². The molecule has 3 aliphatic rings. The SMILES string of the molecule is O=C1CCC(N2Cc3c(Cl)cc(COC(=O)NC4CC(n5nccc5C(F)F)C4)c(F)c3C2=O)C(=O)N1. The maximum absolute atomic E-state index is 15.3. The number of ether oxygens (including phenoxy) is 1. The largest absolute Gasteiger partial charge is 0.445 e. The van der Waals surface area contributed by atoms with Crippen LogP contribution in [0.1, 0.15) is 65.3 Å². The predicted octanol–water partition coefficient (Wildman–Crippen LogP) is 3.00. The van der Waals surface area contributed by atoms with Gasteiger partial charge in [-0.3, -0.25) is 24.4 Å². The molecule has 196 valence electrons. The molecule has 2 aliphatic heterocycles. The van der Waals surface area contributed by atoms with E-state index in [4.69, 9.17) is 16.3 Å². The lowest BCUT2D eigenvalue weighted by Crippen LogP contribution is -2.52. The van der Waals surface area contributed by atoms with Gasteiger partial charge in [-0.05, 0) is 31.4 Å². The molecule has 0 radical (unpaired) electrons. The minimum Gasteiger partial charge on any atom is -0.445 e. The molecule has 1 saturated heterocycles. The van der Waals surface area contributed by atoms with Crippen molar-refractivity contribution in [2.45, 2.75) is 63.4 Å². The van der Waals surface area contributed by atoms with Crippen LogP contribution in [0.2, 0.25) is 5.02 Å². The van der Waals surface area contributed by atoms with Gasteiger partial charge in [0.05, 0.1) is 11.6 Å². The Bertz CT molecular complexity index is 1300. The summed E-state index contributed by atoms with van der Waals surface area (Å²) < 4.78 is 47.7. The van der Waals surface area contributed by atoms with Crippen LogP contribution >= 0.6 is 11.6 Å². The molecule has 14 heteroatoms. The van der Waals surface area contributed by atoms with Gasteiger partial charge in [0.15, 0.2) is 0 Å². The number of carbonyl (C=O) groups is 4. The Hall–Kier alpha value is -3.61. The molecular weight excluding hydrogens is 519 g/mol. The molecule has 1 aromatic heterocycles. The smallest absolute Gasteiger partial charge is 0.407 e. The van der Waals surface area contributed by atoms with Crippen molar-refractivity contribution < 1.29 is 37.1 Å². The first-order valence-electron chi connectivity index (χ1n) is 11.5. The number of halogens is 4. The molecule has 5 rings (SSSR count). The number of hydrogen-bond donors (Lipinski definition) is 2. The van der Waals surface area contributed by atoms with Crippen LogP contribution in [-0.4, -0.2) is 50.6 Å². The summed E-state index contributed by atoms with van der Waals surface area (Å²) in [7, 11) is 0. The van der Waals surface area contributed by atoms with Crippen molar-refractivity contribution >= 4 is 35.4 Å². The van der Waals surface area contributed by atoms with Crippen LogP contribution < -0.4 is 10.6 Å². The molecule has 2 fully saturated rings. The normalized spacial score (nSPS) is 23.1. The van der Waals surface area contributed by atoms with Gasteiger partial charge in [-0.25, -0.2) is 18.0 Å². The molecular formula is C23H21ClF3N5O5. The van der Waals surface area contributed by atoms with Crippen LogP contribution in [0.15, 0.2) is 18.3 Å². The van der Waals surface area contributed by atoms with Crippen LogP contribution in [-0.2, 0) is 27.5 Å². The standard InChI is InChI=1S/C23H21ClF3N5O5/c24-14-5-10(9-37-23(36)29-11-6-12(7-11)32-15(20(26)27)3-4-28-32)19(25)18-13(14)8-31(22(18)35)16-1-2-17(33)30-21(16)34/h3-5,11-12,16,20H,1-2,6-9H2,(H,29,36)(H,30,33,34). The summed E-state index contributed by atoms with van der Waals surface area (Å²) in [5.41, 5.74) is -0.404. The summed E-state index contributed by atoms with van der Waals surface area (Å²) in [5.74, 6) is -2.72. The highest BCUT2D eigenvalue weighted by Gasteiger charge is 2.42. The van der Waals surface area contributed by atoms with Crippen molar-refractivity contribution in [3.05, 3.63) is 51.6 Å². The molecule has 0 spiro atoms. The molecule has 4 amide bonds. The third-order valence-corrected chi connectivity index (χ3v) is 7.18. The van der Waals surface area contributed by atoms with Crippen LogP contribution in [0, 0.1) is 5.82 Å². The van der Waals surface area contributed by atoms with Gasteiger partial charge in [0, 0.05) is 41.4 Å². The van der Waals surface area contributed by atoms with E-state index in [1.165, 1.54) is 27.9 Å². The number of aromatic nitrogens is 2. The van der Waals surface area contributed by atoms with Crippen molar-refractivity contribution in [2.24, 2.45) is 0 Å². The van der Waals surface area contributed by atoms with E-state index < -0.39 is 48.7 Å². The Kier molecular flexibility index (Phi) is 6.56. The van der Waals surface area contributed by atoms with E-state index in [0.717, 1.165) is 0 Å². The predicted molar refractivity (Wildman–Crippen MR) is 120 cm³/mol. The third kappa shape index (κ3) is 4.63. The number of amides is 4. The number of rotatable bonds is 6. The number of fused-ring (bicyclic) bond motifs is 1. The minimum absolute atomic E-state index is 0.0536. The number of nitrogens with one attached hydrogen (secondary N) is 2. The topological polar surface area (TPSA) is 123 Å². The Morgan fingerprint density at radius 3 is 2.76 bits per heavy atom. The second-order valence-electron chi connectivity index (χ2n) is 9.13. The average Bonchev–Trinajstić information content (AvgIpc) is 3.43. The maximum atomic E-state index is 15.3. The second kappa shape index (κ2) is 9.69. The summed E-state index contributed by atoms with van der Waals surface area (Å²) in [4.78, 5) is 50.0. The van der Waals surface area contributed by atoms with Gasteiger partial charge in [0.1, 0.15) is 24.2 Å². The fraction of sp³-hybridized carbons (Fsp3) is 0.435. The zero-order chi connectivity index (χ0) is 26.4. The summed E-state index contributed by atoms with van der Waals surface area (Å²) in [6, 6.07) is 0.959. The van der Waals surface area contributed by atoms with Crippen molar-refractivity contribution in [2.75, 3.05) is 0 Å². The number of nitrogens with zero attached hydrogens (tertiary/aromatic N) is 3. The van der Waals surface area contributed by atoms with Gasteiger partial charge < -0.3 is 15.0 Å². The molecule has 1 aliphatic carbocycles. The fourth-order valence-electron chi connectivity index (χ4n) is 4.87. The summed E-state index contributed by atoms with van der Waals surface area (Å²) >= 11 is 6.29. The van der Waals surface area contributed by atoms with Gasteiger partial charge in [-0.2, -0.15) is 5.10 Å². The highest BCUT2D eigenvalue weighted by Crippen LogP contribution is 2.37. The van der Waals surface area contributed by atoms with E-state index >= 15 is 4.39 Å². The maximum Gasteiger partial charge on any atom is 0.407 e. The van der Waals surface area contributed by atoms with Crippen LogP contribution in [0.5, 0.6) is 0 Å². The van der Waals surface area contributed by atoms with E-state index in [1.54, 1.807) is 0 Å². The summed E-state index contributed by atoms with van der Waals surface area (Å²) in [6.45, 7) is -0.606. The number of alkyl halides is 2. The molecule has 2 aromatic rings. The molecule has 1 unspecified atom stereocenters. The van der Waals surface area contributed by atoms with Crippen molar-refractivity contribution in [1.82, 2.24) is 25.3 Å². The molecule has 37 heavy (non-hydrogen) atoms. The lowest BCUT2D eigenvalue weighted by atomic mass is 9.87. The van der Waals surface area contributed by atoms with E-state index in [2.05, 4.69) is 15.7 Å². The van der Waals surface area contributed by atoms with Gasteiger partial charge in [0.25, 0.3) is 12.3 Å². The van der Waals surface area contributed by atoms with Crippen molar-refractivity contribution in [3.63, 3.8) is 0 Å². The van der Waals surface area contributed by atoms with Crippen molar-refractivity contribution in [1.29, 1.82) is 0 Å². The fourth-order valence-corrected chi connectivity index (χ4v) is 5.16. The highest BCUT2D eigenvalue weighted by molar-refractivity contribution is 6.32. The number of carbonyl (C=O) groups excluding carboxylic acids is 4. The first-order chi connectivity index (χ1) is 17.6. The number of imide groups is 1. The molecule has 1 atom stereocenters. The average molecular weight is 540 g/mol. The molecule has 0 bridgehead atoms. The van der Waals surface area contributed by atoms with Crippen LogP contribution in [0.3, 0.4) is 0 Å². The van der Waals surface area contributed by atoms with E-state index in [1.807, 2.05) is 0 Å². The number of benzene rings is 1. The zero-order valence-electron chi connectivity index (χ0n) is 19.2. The summed E-state index contributed by atoms with van der Waals surface area (Å²) in [6.07, 6.45) is -1.28. The van der Waals surface area contributed by atoms with E-state index in [0.29, 0.717) is 12.8 Å². The monoisotopic (exact) mass is 539 g/mol. The molecule has 10 nitrogen and oxygen atoms in total. The van der Waals surface area contributed by atoms with Crippen LogP contribution in [0.4, 0.5) is 18.0 Å². The quantitative estimate of drug-likeness (QED) is 0.544. The Balaban J connectivity index is 1.19. The molecule has 1 aromatic carbocycles. The number of hydrogen-bond acceptors (Lipinski definition) is 6. The minimum atomic E-state index is -2.66. The third-order valence-electron chi connectivity index (χ3n) is 6.85. The lowest BCUT2D eigenvalue weighted by Gasteiger charge is -2.36. The van der Waals surface area contributed by atoms with Gasteiger partial charge in [-0.1, -0.05) is 11.6 Å². The highest BCUT2D eigenvalue weighted by atomic mass is 35.5. The lowest BCUT2D eigenvalue weighted by molar-refractivity contribution is -0.136. The van der Waals surface area contributed by atoms with E-state index in [9.17, 15) is 28.0 Å². The van der Waals surface area contributed by atoms with Gasteiger partial charge in [0.2, 0.25) is 11.8 Å². The van der Waals surface area contributed by atoms with Crippen molar-refractivity contribution in [3.8, 4) is 0 Å². The van der Waals surface area contributed by atoms with E-state index in [-0.39, 0.29) is 58.9 Å². The van der Waals surface area contributed by atoms with Crippen LogP contribution in [0.25, 0.3) is 0 Å². The Morgan fingerprint density at radius 2 is 2.05 bits per heavy atom. The first kappa shape index (κ1) is 25.1. The second-order valence-corrected chi connectivity index (χ2v) is 9.54. The first-order valence-corrected chi connectivity index (χ1v) is 11.9. The molecule has 3 heterocycles. The molecule has 2 N–H and O–H groups in total. The summed E-state index contributed by atoms with van der Waals surface area (Å²) in [5, 5.41) is 8.75. The number of piperidine rings is 1.